The minimum Gasteiger partial charge on any atom is -0.493 e. The van der Waals surface area contributed by atoms with E-state index in [9.17, 15) is 25.2 Å². The third kappa shape index (κ3) is 8.37. The van der Waals surface area contributed by atoms with Crippen LogP contribution in [-0.4, -0.2) is 104 Å². The highest BCUT2D eigenvalue weighted by Crippen LogP contribution is 2.33. The lowest BCUT2D eigenvalue weighted by Crippen LogP contribution is -2.59. The van der Waals surface area contributed by atoms with Gasteiger partial charge in [0.15, 0.2) is 17.8 Å². The lowest BCUT2D eigenvalue weighted by atomic mass is 9.97. The van der Waals surface area contributed by atoms with Gasteiger partial charge in [-0.2, -0.15) is 0 Å². The van der Waals surface area contributed by atoms with E-state index in [4.69, 9.17) is 35.3 Å². The Morgan fingerprint density at radius 1 is 0.949 bits per heavy atom. The van der Waals surface area contributed by atoms with Crippen molar-refractivity contribution in [3.63, 3.8) is 0 Å². The molecule has 0 aromatic heterocycles. The summed E-state index contributed by atoms with van der Waals surface area (Å²) in [5, 5.41) is 42.1. The molecule has 0 unspecified atom stereocenters. The number of aliphatic hydroxyl groups excluding tert-OH is 4. The summed E-state index contributed by atoms with van der Waals surface area (Å²) in [5.74, 6) is 0.749. The number of amides is 1. The first-order valence-electron chi connectivity index (χ1n) is 12.3. The highest BCUT2D eigenvalue weighted by Gasteiger charge is 2.43. The number of nitrogens with one attached hydrogen (secondary N) is 1. The average molecular weight is 568 g/mol. The van der Waals surface area contributed by atoms with E-state index in [2.05, 4.69) is 5.32 Å². The van der Waals surface area contributed by atoms with Crippen LogP contribution < -0.4 is 14.8 Å². The quantitative estimate of drug-likeness (QED) is 0.173. The lowest BCUT2D eigenvalue weighted by molar-refractivity contribution is -0.302. The van der Waals surface area contributed by atoms with Crippen LogP contribution in [0.2, 0.25) is 5.02 Å². The number of halogens is 1. The van der Waals surface area contributed by atoms with Crippen LogP contribution in [0, 0.1) is 0 Å². The largest absolute Gasteiger partial charge is 0.493 e. The summed E-state index contributed by atoms with van der Waals surface area (Å²) >= 11 is 6.04. The van der Waals surface area contributed by atoms with Crippen LogP contribution in [0.1, 0.15) is 11.1 Å². The molecule has 0 radical (unpaired) electrons. The molecule has 0 saturated carbocycles. The molecule has 5 N–H and O–H groups in total. The maximum atomic E-state index is 12.7. The Bertz CT molecular complexity index is 1090. The molecule has 1 fully saturated rings. The van der Waals surface area contributed by atoms with Crippen molar-refractivity contribution < 1.29 is 48.9 Å². The van der Waals surface area contributed by atoms with Crippen molar-refractivity contribution >= 4 is 23.1 Å². The Kier molecular flexibility index (Phi) is 12.0. The average Bonchev–Trinajstić information content (AvgIpc) is 2.95. The van der Waals surface area contributed by atoms with Gasteiger partial charge in [-0.25, -0.2) is 0 Å². The highest BCUT2D eigenvalue weighted by molar-refractivity contribution is 6.30. The van der Waals surface area contributed by atoms with Crippen molar-refractivity contribution in [2.75, 3.05) is 47.2 Å². The van der Waals surface area contributed by atoms with Crippen LogP contribution in [0.15, 0.2) is 48.5 Å². The molecule has 1 saturated heterocycles. The van der Waals surface area contributed by atoms with Gasteiger partial charge < -0.3 is 49.4 Å². The zero-order valence-corrected chi connectivity index (χ0v) is 22.4. The summed E-state index contributed by atoms with van der Waals surface area (Å²) in [4.78, 5) is 12.7. The standard InChI is InChI=1S/C27H34ClNO10/c1-35-20-8-5-17(13-21(20)36-2)19(16-3-6-18(28)7-4-16)14-23(31)29-9-10-37-11-12-38-27-26(34)25(33)24(32)22(15-30)39-27/h3-8,13-14,22,24-27,30,32-34H,9-12,15H2,1-2H3,(H,29,31)/b19-14-/t22-,24-,25+,26-,27-/m1/s1. The second-order valence-corrected chi connectivity index (χ2v) is 9.04. The molecule has 5 atom stereocenters. The molecule has 3 rings (SSSR count). The molecule has 1 heterocycles. The molecule has 39 heavy (non-hydrogen) atoms. The van der Waals surface area contributed by atoms with Crippen LogP contribution in [0.3, 0.4) is 0 Å². The van der Waals surface area contributed by atoms with Gasteiger partial charge in [-0.15, -0.1) is 0 Å². The van der Waals surface area contributed by atoms with Gasteiger partial charge in [-0.3, -0.25) is 4.79 Å². The van der Waals surface area contributed by atoms with Gasteiger partial charge in [0.1, 0.15) is 24.4 Å². The summed E-state index contributed by atoms with van der Waals surface area (Å²) in [5.41, 5.74) is 2.18. The molecule has 1 amide bonds. The van der Waals surface area contributed by atoms with Crippen molar-refractivity contribution in [3.8, 4) is 11.5 Å². The summed E-state index contributed by atoms with van der Waals surface area (Å²) < 4.78 is 26.8. The van der Waals surface area contributed by atoms with Crippen LogP contribution in [0.25, 0.3) is 5.57 Å². The van der Waals surface area contributed by atoms with Crippen molar-refractivity contribution in [2.24, 2.45) is 0 Å². The van der Waals surface area contributed by atoms with Gasteiger partial charge in [-0.1, -0.05) is 29.8 Å². The summed E-state index contributed by atoms with van der Waals surface area (Å²) in [6, 6.07) is 12.5. The van der Waals surface area contributed by atoms with Crippen LogP contribution in [0.4, 0.5) is 0 Å². The molecule has 1 aliphatic heterocycles. The fourth-order valence-corrected chi connectivity index (χ4v) is 4.05. The normalized spacial score (nSPS) is 23.4. The molecule has 2 aromatic rings. The van der Waals surface area contributed by atoms with Crippen molar-refractivity contribution in [2.45, 2.75) is 30.7 Å². The van der Waals surface area contributed by atoms with Gasteiger partial charge in [0.25, 0.3) is 0 Å². The van der Waals surface area contributed by atoms with E-state index in [-0.39, 0.29) is 32.3 Å². The number of ether oxygens (including phenoxy) is 5. The van der Waals surface area contributed by atoms with Crippen LogP contribution in [-0.2, 0) is 19.0 Å². The minimum atomic E-state index is -1.51. The van der Waals surface area contributed by atoms with E-state index in [1.165, 1.54) is 13.2 Å². The highest BCUT2D eigenvalue weighted by atomic mass is 35.5. The molecule has 12 heteroatoms. The molecule has 0 spiro atoms. The zero-order chi connectivity index (χ0) is 28.4. The van der Waals surface area contributed by atoms with Gasteiger partial charge in [0, 0.05) is 17.6 Å². The third-order valence-corrected chi connectivity index (χ3v) is 6.28. The van der Waals surface area contributed by atoms with Crippen LogP contribution in [0.5, 0.6) is 11.5 Å². The smallest absolute Gasteiger partial charge is 0.244 e. The maximum absolute atomic E-state index is 12.7. The number of methoxy groups -OCH3 is 2. The molecular formula is C27H34ClNO10. The van der Waals surface area contributed by atoms with E-state index >= 15 is 0 Å². The van der Waals surface area contributed by atoms with Crippen molar-refractivity contribution in [3.05, 3.63) is 64.7 Å². The number of carbonyl (C=O) groups excluding carboxylic acids is 1. The first kappa shape index (κ1) is 30.8. The number of hydrogen-bond acceptors (Lipinski definition) is 10. The lowest BCUT2D eigenvalue weighted by Gasteiger charge is -2.39. The van der Waals surface area contributed by atoms with Crippen molar-refractivity contribution in [1.82, 2.24) is 5.32 Å². The molecule has 0 aliphatic carbocycles. The Labute approximate surface area is 231 Å². The Morgan fingerprint density at radius 3 is 2.31 bits per heavy atom. The second-order valence-electron chi connectivity index (χ2n) is 8.61. The topological polar surface area (TPSA) is 156 Å². The molecule has 2 aromatic carbocycles. The SMILES string of the molecule is COc1ccc(/C(=C\C(=O)NCCOCCO[C@@H]2O[C@H](CO)[C@@H](O)[C@H](O)[C@H]2O)c2ccc(Cl)cc2)cc1OC. The first-order valence-corrected chi connectivity index (χ1v) is 12.6. The predicted molar refractivity (Wildman–Crippen MR) is 142 cm³/mol. The van der Waals surface area contributed by atoms with Gasteiger partial charge in [-0.05, 0) is 41.0 Å². The Hall–Kier alpha value is -2.74. The molecule has 214 valence electrons. The van der Waals surface area contributed by atoms with E-state index in [0.29, 0.717) is 22.1 Å². The van der Waals surface area contributed by atoms with Crippen LogP contribution >= 0.6 is 11.6 Å². The van der Waals surface area contributed by atoms with Gasteiger partial charge >= 0.3 is 0 Å². The first-order chi connectivity index (χ1) is 18.8. The number of benzene rings is 2. The Balaban J connectivity index is 1.52. The zero-order valence-electron chi connectivity index (χ0n) is 21.7. The number of carbonyl (C=O) groups is 1. The van der Waals surface area contributed by atoms with Gasteiger partial charge in [0.05, 0.1) is 40.6 Å². The van der Waals surface area contributed by atoms with E-state index < -0.39 is 37.3 Å². The van der Waals surface area contributed by atoms with Crippen molar-refractivity contribution in [1.29, 1.82) is 0 Å². The Morgan fingerprint density at radius 2 is 1.64 bits per heavy atom. The molecule has 1 aliphatic rings. The fraction of sp³-hybridized carbons (Fsp3) is 0.444. The molecular weight excluding hydrogens is 534 g/mol. The number of rotatable bonds is 13. The van der Waals surface area contributed by atoms with E-state index in [0.717, 1.165) is 11.1 Å². The third-order valence-electron chi connectivity index (χ3n) is 6.03. The number of aliphatic hydroxyl groups is 4. The fourth-order valence-electron chi connectivity index (χ4n) is 3.93. The second kappa shape index (κ2) is 15.2. The molecule has 11 nitrogen and oxygen atoms in total. The summed E-state index contributed by atoms with van der Waals surface area (Å²) in [6.07, 6.45) is -5.24. The summed E-state index contributed by atoms with van der Waals surface area (Å²) in [6.45, 7) is -0.0143. The van der Waals surface area contributed by atoms with E-state index in [1.54, 1.807) is 31.4 Å². The maximum Gasteiger partial charge on any atom is 0.244 e. The summed E-state index contributed by atoms with van der Waals surface area (Å²) in [7, 11) is 3.08. The minimum absolute atomic E-state index is 0.0105. The molecule has 0 bridgehead atoms. The predicted octanol–water partition coefficient (Wildman–Crippen LogP) is 0.738. The number of hydrogen-bond donors (Lipinski definition) is 5. The monoisotopic (exact) mass is 567 g/mol. The van der Waals surface area contributed by atoms with Gasteiger partial charge in [0.2, 0.25) is 5.91 Å². The van der Waals surface area contributed by atoms with E-state index in [1.807, 2.05) is 18.2 Å².